The number of hydrogen-bond acceptors (Lipinski definition) is 5. The minimum absolute atomic E-state index is 0.0521. The summed E-state index contributed by atoms with van der Waals surface area (Å²) in [5, 5.41) is 0. The number of furan rings is 1. The van der Waals surface area contributed by atoms with Gasteiger partial charge in [0, 0.05) is 32.3 Å². The molecule has 6 nitrogen and oxygen atoms in total. The summed E-state index contributed by atoms with van der Waals surface area (Å²) in [6, 6.07) is 7.77. The van der Waals surface area contributed by atoms with Gasteiger partial charge in [0.25, 0.3) is 5.91 Å². The van der Waals surface area contributed by atoms with E-state index in [-0.39, 0.29) is 5.91 Å². The Morgan fingerprint density at radius 2 is 2.04 bits per heavy atom. The van der Waals surface area contributed by atoms with Crippen LogP contribution in [0.5, 0.6) is 0 Å². The third kappa shape index (κ3) is 3.60. The SMILES string of the molecule is C[C@H]1C[C@H]1c1ccc(CN(C)C(=O)c2ccc(N3CCOCC3)nc2)o1. The summed E-state index contributed by atoms with van der Waals surface area (Å²) in [5.74, 6) is 3.98. The third-order valence-corrected chi connectivity index (χ3v) is 5.23. The number of rotatable bonds is 5. The number of anilines is 1. The van der Waals surface area contributed by atoms with E-state index < -0.39 is 0 Å². The average Bonchev–Trinajstić information content (AvgIpc) is 3.23. The van der Waals surface area contributed by atoms with Crippen molar-refractivity contribution in [3.05, 3.63) is 47.5 Å². The van der Waals surface area contributed by atoms with Crippen LogP contribution in [0.4, 0.5) is 5.82 Å². The zero-order valence-electron chi connectivity index (χ0n) is 15.4. The summed E-state index contributed by atoms with van der Waals surface area (Å²) in [6.07, 6.45) is 2.85. The molecule has 4 rings (SSSR count). The van der Waals surface area contributed by atoms with Crippen LogP contribution in [0.1, 0.15) is 41.1 Å². The van der Waals surface area contributed by atoms with Gasteiger partial charge in [-0.05, 0) is 36.6 Å². The van der Waals surface area contributed by atoms with Crippen molar-refractivity contribution < 1.29 is 13.9 Å². The maximum absolute atomic E-state index is 12.7. The Hall–Kier alpha value is -2.34. The van der Waals surface area contributed by atoms with Gasteiger partial charge in [0.15, 0.2) is 0 Å². The molecule has 3 heterocycles. The second-order valence-corrected chi connectivity index (χ2v) is 7.29. The molecular formula is C20H25N3O3. The number of aromatic nitrogens is 1. The van der Waals surface area contributed by atoms with Crippen LogP contribution in [0, 0.1) is 5.92 Å². The number of nitrogens with zero attached hydrogens (tertiary/aromatic N) is 3. The lowest BCUT2D eigenvalue weighted by atomic mass is 10.2. The lowest BCUT2D eigenvalue weighted by Gasteiger charge is -2.27. The largest absolute Gasteiger partial charge is 0.464 e. The topological polar surface area (TPSA) is 58.8 Å². The van der Waals surface area contributed by atoms with Crippen LogP contribution < -0.4 is 4.90 Å². The number of pyridine rings is 1. The Morgan fingerprint density at radius 1 is 1.27 bits per heavy atom. The van der Waals surface area contributed by atoms with Gasteiger partial charge >= 0.3 is 0 Å². The van der Waals surface area contributed by atoms with E-state index in [1.165, 1.54) is 6.42 Å². The molecule has 0 spiro atoms. The number of carbonyl (C=O) groups is 1. The lowest BCUT2D eigenvalue weighted by Crippen LogP contribution is -2.36. The fourth-order valence-electron chi connectivity index (χ4n) is 3.42. The predicted molar refractivity (Wildman–Crippen MR) is 98.3 cm³/mol. The molecule has 1 aliphatic heterocycles. The van der Waals surface area contributed by atoms with Gasteiger partial charge in [0.2, 0.25) is 0 Å². The van der Waals surface area contributed by atoms with Crippen molar-refractivity contribution in [1.29, 1.82) is 0 Å². The van der Waals surface area contributed by atoms with Crippen molar-refractivity contribution in [2.75, 3.05) is 38.3 Å². The first-order valence-electron chi connectivity index (χ1n) is 9.24. The van der Waals surface area contributed by atoms with E-state index in [1.54, 1.807) is 18.1 Å². The maximum atomic E-state index is 12.7. The zero-order chi connectivity index (χ0) is 18.1. The molecule has 0 unspecified atom stereocenters. The van der Waals surface area contributed by atoms with Crippen molar-refractivity contribution in [3.8, 4) is 0 Å². The average molecular weight is 355 g/mol. The van der Waals surface area contributed by atoms with Crippen molar-refractivity contribution in [2.45, 2.75) is 25.8 Å². The first kappa shape index (κ1) is 17.1. The molecule has 6 heteroatoms. The summed E-state index contributed by atoms with van der Waals surface area (Å²) in [7, 11) is 1.79. The molecule has 0 radical (unpaired) electrons. The first-order chi connectivity index (χ1) is 12.6. The Bertz CT molecular complexity index is 765. The fourth-order valence-corrected chi connectivity index (χ4v) is 3.42. The summed E-state index contributed by atoms with van der Waals surface area (Å²) in [5.41, 5.74) is 0.590. The zero-order valence-corrected chi connectivity index (χ0v) is 15.4. The predicted octanol–water partition coefficient (Wildman–Crippen LogP) is 2.91. The van der Waals surface area contributed by atoms with Crippen molar-refractivity contribution in [1.82, 2.24) is 9.88 Å². The first-order valence-corrected chi connectivity index (χ1v) is 9.24. The number of carbonyl (C=O) groups excluding carboxylic acids is 1. The number of morpholine rings is 1. The van der Waals surface area contributed by atoms with Crippen LogP contribution >= 0.6 is 0 Å². The molecule has 0 aromatic carbocycles. The Balaban J connectivity index is 1.37. The molecule has 0 N–H and O–H groups in total. The molecule has 1 amide bonds. The standard InChI is InChI=1S/C20H25N3O3/c1-14-11-17(14)18-5-4-16(26-18)13-22(2)20(24)15-3-6-19(21-12-15)23-7-9-25-10-8-23/h3-6,12,14,17H,7-11,13H2,1-2H3/t14-,17+/m0/s1. The summed E-state index contributed by atoms with van der Waals surface area (Å²) in [6.45, 7) is 5.80. The molecule has 0 bridgehead atoms. The quantitative estimate of drug-likeness (QED) is 0.825. The fraction of sp³-hybridized carbons (Fsp3) is 0.500. The van der Waals surface area contributed by atoms with Gasteiger partial charge in [-0.1, -0.05) is 6.92 Å². The van der Waals surface area contributed by atoms with E-state index in [0.29, 0.717) is 23.9 Å². The molecular weight excluding hydrogens is 330 g/mol. The van der Waals surface area contributed by atoms with Gasteiger partial charge in [-0.2, -0.15) is 0 Å². The van der Waals surface area contributed by atoms with Crippen molar-refractivity contribution >= 4 is 11.7 Å². The highest BCUT2D eigenvalue weighted by Crippen LogP contribution is 2.47. The van der Waals surface area contributed by atoms with E-state index in [4.69, 9.17) is 9.15 Å². The van der Waals surface area contributed by atoms with Gasteiger partial charge in [0.1, 0.15) is 17.3 Å². The Kier molecular flexibility index (Phi) is 4.68. The van der Waals surface area contributed by atoms with Crippen LogP contribution in [-0.4, -0.2) is 49.1 Å². The molecule has 26 heavy (non-hydrogen) atoms. The van der Waals surface area contributed by atoms with E-state index in [1.807, 2.05) is 24.3 Å². The molecule has 2 fully saturated rings. The summed E-state index contributed by atoms with van der Waals surface area (Å²) >= 11 is 0. The second-order valence-electron chi connectivity index (χ2n) is 7.29. The van der Waals surface area contributed by atoms with Gasteiger partial charge in [0.05, 0.1) is 25.3 Å². The van der Waals surface area contributed by atoms with Crippen molar-refractivity contribution in [3.63, 3.8) is 0 Å². The van der Waals surface area contributed by atoms with E-state index >= 15 is 0 Å². The third-order valence-electron chi connectivity index (χ3n) is 5.23. The smallest absolute Gasteiger partial charge is 0.255 e. The summed E-state index contributed by atoms with van der Waals surface area (Å²) in [4.78, 5) is 21.0. The van der Waals surface area contributed by atoms with E-state index in [0.717, 1.165) is 43.6 Å². The van der Waals surface area contributed by atoms with Crippen LogP contribution in [0.3, 0.4) is 0 Å². The van der Waals surface area contributed by atoms with Crippen LogP contribution in [0.2, 0.25) is 0 Å². The minimum Gasteiger partial charge on any atom is -0.464 e. The van der Waals surface area contributed by atoms with Gasteiger partial charge in [-0.15, -0.1) is 0 Å². The van der Waals surface area contributed by atoms with Gasteiger partial charge in [-0.3, -0.25) is 4.79 Å². The number of hydrogen-bond donors (Lipinski definition) is 0. The summed E-state index contributed by atoms with van der Waals surface area (Å²) < 4.78 is 11.3. The highest BCUT2D eigenvalue weighted by atomic mass is 16.5. The molecule has 138 valence electrons. The highest BCUT2D eigenvalue weighted by molar-refractivity contribution is 5.93. The van der Waals surface area contributed by atoms with Gasteiger partial charge in [-0.25, -0.2) is 4.98 Å². The van der Waals surface area contributed by atoms with E-state index in [2.05, 4.69) is 16.8 Å². The monoisotopic (exact) mass is 355 g/mol. The molecule has 2 aliphatic rings. The molecule has 1 aliphatic carbocycles. The van der Waals surface area contributed by atoms with Gasteiger partial charge < -0.3 is 19.0 Å². The molecule has 1 saturated heterocycles. The second kappa shape index (κ2) is 7.11. The molecule has 2 atom stereocenters. The highest BCUT2D eigenvalue weighted by Gasteiger charge is 2.36. The Labute approximate surface area is 153 Å². The maximum Gasteiger partial charge on any atom is 0.255 e. The van der Waals surface area contributed by atoms with E-state index in [9.17, 15) is 4.79 Å². The van der Waals surface area contributed by atoms with Crippen molar-refractivity contribution in [2.24, 2.45) is 5.92 Å². The van der Waals surface area contributed by atoms with Crippen LogP contribution in [0.15, 0.2) is 34.9 Å². The van der Waals surface area contributed by atoms with Crippen LogP contribution in [0.25, 0.3) is 0 Å². The molecule has 2 aromatic heterocycles. The number of ether oxygens (including phenoxy) is 1. The Morgan fingerprint density at radius 3 is 2.69 bits per heavy atom. The normalized spacial score (nSPS) is 22.3. The van der Waals surface area contributed by atoms with Crippen LogP contribution in [-0.2, 0) is 11.3 Å². The molecule has 1 saturated carbocycles. The molecule has 2 aromatic rings. The lowest BCUT2D eigenvalue weighted by molar-refractivity contribution is 0.0774. The number of amides is 1. The minimum atomic E-state index is -0.0521.